The first-order valence-corrected chi connectivity index (χ1v) is 10.5. The number of hydrogen-bond donors (Lipinski definition) is 0. The van der Waals surface area contributed by atoms with E-state index in [1.165, 1.54) is 27.8 Å². The lowest BCUT2D eigenvalue weighted by Gasteiger charge is -2.46. The van der Waals surface area contributed by atoms with Gasteiger partial charge in [0.2, 0.25) is 0 Å². The van der Waals surface area contributed by atoms with Gasteiger partial charge in [-0.25, -0.2) is 0 Å². The van der Waals surface area contributed by atoms with Crippen LogP contribution in [-0.2, 0) is 0 Å². The third kappa shape index (κ3) is 2.64. The maximum Gasteiger partial charge on any atom is 0.171 e. The van der Waals surface area contributed by atoms with Gasteiger partial charge in [-0.1, -0.05) is 96.1 Å². The van der Waals surface area contributed by atoms with Gasteiger partial charge in [0.25, 0.3) is 0 Å². The van der Waals surface area contributed by atoms with Crippen LogP contribution in [0, 0.1) is 5.41 Å². The Hall–Kier alpha value is -2.93. The van der Waals surface area contributed by atoms with Gasteiger partial charge in [-0.2, -0.15) is 0 Å². The van der Waals surface area contributed by atoms with Crippen LogP contribution in [0.1, 0.15) is 65.6 Å². The van der Waals surface area contributed by atoms with Gasteiger partial charge in [0.1, 0.15) is 0 Å². The summed E-state index contributed by atoms with van der Waals surface area (Å²) in [4.78, 5) is 14.2. The second-order valence-electron chi connectivity index (χ2n) is 8.71. The highest BCUT2D eigenvalue weighted by Crippen LogP contribution is 2.63. The van der Waals surface area contributed by atoms with Gasteiger partial charge in [0.05, 0.1) is 5.41 Å². The molecule has 144 valence electrons. The molecule has 1 spiro atoms. The fraction of sp³-hybridized carbons (Fsp3) is 0.250. The van der Waals surface area contributed by atoms with E-state index in [4.69, 9.17) is 0 Å². The van der Waals surface area contributed by atoms with Crippen LogP contribution in [0.25, 0.3) is 0 Å². The molecule has 3 atom stereocenters. The highest BCUT2D eigenvalue weighted by molar-refractivity contribution is 6.07. The van der Waals surface area contributed by atoms with Crippen LogP contribution < -0.4 is 0 Å². The number of rotatable bonds is 2. The molecule has 0 saturated carbocycles. The van der Waals surface area contributed by atoms with Crippen molar-refractivity contribution in [2.45, 2.75) is 38.5 Å². The SMILES string of the molecule is CC1=C(C)C[C@]2(C(=O)c3ccccc3[C@@H]2c2ccccc2)[C@@H](c2ccccc2)C1. The molecule has 2 aliphatic rings. The fourth-order valence-corrected chi connectivity index (χ4v) is 5.76. The first-order chi connectivity index (χ1) is 14.1. The average molecular weight is 379 g/mol. The second-order valence-corrected chi connectivity index (χ2v) is 8.71. The molecular formula is C28H26O. The van der Waals surface area contributed by atoms with Crippen LogP contribution in [0.5, 0.6) is 0 Å². The van der Waals surface area contributed by atoms with Gasteiger partial charge in [-0.3, -0.25) is 4.79 Å². The molecule has 29 heavy (non-hydrogen) atoms. The van der Waals surface area contributed by atoms with E-state index in [1.54, 1.807) is 0 Å². The van der Waals surface area contributed by atoms with E-state index in [1.807, 2.05) is 12.1 Å². The molecule has 0 radical (unpaired) electrons. The predicted molar refractivity (Wildman–Crippen MR) is 118 cm³/mol. The lowest BCUT2D eigenvalue weighted by molar-refractivity contribution is 0.0723. The number of hydrogen-bond acceptors (Lipinski definition) is 1. The van der Waals surface area contributed by atoms with Crippen molar-refractivity contribution in [3.8, 4) is 0 Å². The molecule has 1 nitrogen and oxygen atoms in total. The summed E-state index contributed by atoms with van der Waals surface area (Å²) in [6.07, 6.45) is 1.77. The Morgan fingerprint density at radius 3 is 2.00 bits per heavy atom. The van der Waals surface area contributed by atoms with Gasteiger partial charge in [-0.15, -0.1) is 0 Å². The molecule has 5 rings (SSSR count). The van der Waals surface area contributed by atoms with E-state index in [0.717, 1.165) is 18.4 Å². The quantitative estimate of drug-likeness (QED) is 0.443. The van der Waals surface area contributed by atoms with Crippen molar-refractivity contribution in [1.29, 1.82) is 0 Å². The van der Waals surface area contributed by atoms with E-state index in [0.29, 0.717) is 5.78 Å². The lowest BCUT2D eigenvalue weighted by Crippen LogP contribution is -2.41. The topological polar surface area (TPSA) is 17.1 Å². The van der Waals surface area contributed by atoms with Gasteiger partial charge in [-0.05, 0) is 43.4 Å². The minimum absolute atomic E-state index is 0.0839. The normalized spacial score (nSPS) is 26.1. The molecule has 0 aliphatic heterocycles. The van der Waals surface area contributed by atoms with Crippen molar-refractivity contribution < 1.29 is 4.79 Å². The summed E-state index contributed by atoms with van der Waals surface area (Å²) in [5, 5.41) is 0. The van der Waals surface area contributed by atoms with E-state index < -0.39 is 5.41 Å². The molecule has 0 N–H and O–H groups in total. The van der Waals surface area contributed by atoms with Crippen molar-refractivity contribution in [2.24, 2.45) is 5.41 Å². The number of carbonyl (C=O) groups excluding carboxylic acids is 1. The van der Waals surface area contributed by atoms with Crippen molar-refractivity contribution in [3.63, 3.8) is 0 Å². The number of benzene rings is 3. The van der Waals surface area contributed by atoms with Crippen LogP contribution in [0.15, 0.2) is 96.1 Å². The van der Waals surface area contributed by atoms with E-state index in [2.05, 4.69) is 86.6 Å². The third-order valence-electron chi connectivity index (χ3n) is 7.21. The number of fused-ring (bicyclic) bond motifs is 1. The van der Waals surface area contributed by atoms with E-state index in [-0.39, 0.29) is 11.8 Å². The summed E-state index contributed by atoms with van der Waals surface area (Å²) in [6, 6.07) is 29.6. The molecule has 1 heteroatoms. The Balaban J connectivity index is 1.80. The molecule has 0 unspecified atom stereocenters. The molecule has 0 saturated heterocycles. The third-order valence-corrected chi connectivity index (χ3v) is 7.21. The number of Topliss-reactive ketones (excluding diaryl/α,β-unsaturated/α-hetero) is 1. The van der Waals surface area contributed by atoms with Crippen molar-refractivity contribution in [3.05, 3.63) is 118 Å². The van der Waals surface area contributed by atoms with Gasteiger partial charge in [0, 0.05) is 17.4 Å². The first kappa shape index (κ1) is 18.1. The van der Waals surface area contributed by atoms with Gasteiger partial charge < -0.3 is 0 Å². The van der Waals surface area contributed by atoms with Crippen LogP contribution >= 0.6 is 0 Å². The zero-order valence-corrected chi connectivity index (χ0v) is 17.1. The monoisotopic (exact) mass is 378 g/mol. The smallest absolute Gasteiger partial charge is 0.171 e. The minimum atomic E-state index is -0.462. The summed E-state index contributed by atoms with van der Waals surface area (Å²) in [6.45, 7) is 4.46. The number of carbonyl (C=O) groups is 1. The molecule has 0 aromatic heterocycles. The van der Waals surface area contributed by atoms with Crippen LogP contribution in [0.2, 0.25) is 0 Å². The maximum absolute atomic E-state index is 14.2. The minimum Gasteiger partial charge on any atom is -0.293 e. The molecule has 0 bridgehead atoms. The summed E-state index contributed by atoms with van der Waals surface area (Å²) < 4.78 is 0. The Morgan fingerprint density at radius 1 is 0.724 bits per heavy atom. The first-order valence-electron chi connectivity index (χ1n) is 10.5. The molecule has 0 heterocycles. The van der Waals surface area contributed by atoms with E-state index >= 15 is 0 Å². The summed E-state index contributed by atoms with van der Waals surface area (Å²) in [7, 11) is 0. The predicted octanol–water partition coefficient (Wildman–Crippen LogP) is 6.92. The molecule has 3 aromatic carbocycles. The number of ketones is 1. The van der Waals surface area contributed by atoms with Gasteiger partial charge >= 0.3 is 0 Å². The second kappa shape index (κ2) is 6.84. The van der Waals surface area contributed by atoms with Crippen LogP contribution in [0.3, 0.4) is 0 Å². The summed E-state index contributed by atoms with van der Waals surface area (Å²) in [5.74, 6) is 0.584. The molecule has 0 fully saturated rings. The molecular weight excluding hydrogens is 352 g/mol. The standard InChI is InChI=1S/C28H26O/c1-19-17-25(21-11-5-3-6-12-21)28(18-20(19)2)26(22-13-7-4-8-14-22)23-15-9-10-16-24(23)27(28)29/h3-16,25-26H,17-18H2,1-2H3/t25-,26+,28+/m1/s1. The largest absolute Gasteiger partial charge is 0.293 e. The van der Waals surface area contributed by atoms with Crippen molar-refractivity contribution in [2.75, 3.05) is 0 Å². The lowest BCUT2D eigenvalue weighted by atomic mass is 9.55. The Labute approximate surface area is 173 Å². The zero-order valence-electron chi connectivity index (χ0n) is 17.1. The molecule has 0 amide bonds. The molecule has 3 aromatic rings. The van der Waals surface area contributed by atoms with Crippen LogP contribution in [-0.4, -0.2) is 5.78 Å². The zero-order chi connectivity index (χ0) is 20.0. The fourth-order valence-electron chi connectivity index (χ4n) is 5.76. The maximum atomic E-state index is 14.2. The Morgan fingerprint density at radius 2 is 1.31 bits per heavy atom. The van der Waals surface area contributed by atoms with Crippen LogP contribution in [0.4, 0.5) is 0 Å². The number of allylic oxidation sites excluding steroid dienone is 2. The summed E-state index contributed by atoms with van der Waals surface area (Å²) in [5.41, 5.74) is 6.97. The molecule has 2 aliphatic carbocycles. The van der Waals surface area contributed by atoms with Crippen molar-refractivity contribution >= 4 is 5.78 Å². The summed E-state index contributed by atoms with van der Waals surface area (Å²) >= 11 is 0. The van der Waals surface area contributed by atoms with Crippen molar-refractivity contribution in [1.82, 2.24) is 0 Å². The van der Waals surface area contributed by atoms with Gasteiger partial charge in [0.15, 0.2) is 5.78 Å². The average Bonchev–Trinajstić information content (AvgIpc) is 3.01. The highest BCUT2D eigenvalue weighted by atomic mass is 16.1. The highest BCUT2D eigenvalue weighted by Gasteiger charge is 2.59. The Kier molecular flexibility index (Phi) is 4.28. The van der Waals surface area contributed by atoms with E-state index in [9.17, 15) is 4.79 Å². The Bertz CT molecular complexity index is 1090.